The van der Waals surface area contributed by atoms with E-state index in [0.29, 0.717) is 28.1 Å². The second-order valence-corrected chi connectivity index (χ2v) is 12.2. The van der Waals surface area contributed by atoms with Crippen molar-refractivity contribution in [1.82, 2.24) is 9.55 Å². The van der Waals surface area contributed by atoms with Crippen LogP contribution in [0.15, 0.2) is 158 Å². The number of aromatic nitrogens is 2. The van der Waals surface area contributed by atoms with Gasteiger partial charge in [0, 0.05) is 45.4 Å². The van der Waals surface area contributed by atoms with Gasteiger partial charge in [-0.05, 0) is 35.4 Å². The van der Waals surface area contributed by atoms with E-state index in [4.69, 9.17) is 0 Å². The summed E-state index contributed by atoms with van der Waals surface area (Å²) in [6.07, 6.45) is 3.29. The molecule has 0 N–H and O–H groups in total. The number of fused-ring (bicyclic) bond motifs is 4. The van der Waals surface area contributed by atoms with E-state index in [2.05, 4.69) is 27.8 Å². The number of nitrogens with zero attached hydrogens (tertiary/aromatic N) is 4. The molecule has 0 bridgehead atoms. The van der Waals surface area contributed by atoms with Gasteiger partial charge >= 0.3 is 0 Å². The van der Waals surface area contributed by atoms with Gasteiger partial charge in [0.05, 0.1) is 39.1 Å². The summed E-state index contributed by atoms with van der Waals surface area (Å²) in [5.74, 6) is -0.767. The first-order chi connectivity index (χ1) is 24.6. The first kappa shape index (κ1) is 29.1. The number of carbonyl (C=O) groups excluding carboxylic acids is 2. The van der Waals surface area contributed by atoms with Crippen molar-refractivity contribution < 1.29 is 9.59 Å². The zero-order valence-corrected chi connectivity index (χ0v) is 26.6. The summed E-state index contributed by atoms with van der Waals surface area (Å²) in [4.78, 5) is 35.4. The molecule has 6 heteroatoms. The minimum atomic E-state index is -0.391. The number of anilines is 1. The minimum absolute atomic E-state index is 0.334. The highest BCUT2D eigenvalue weighted by Crippen LogP contribution is 2.45. The summed E-state index contributed by atoms with van der Waals surface area (Å²) >= 11 is 0. The fourth-order valence-corrected chi connectivity index (χ4v) is 7.29. The molecular weight excluding hydrogens is 617 g/mol. The Labute approximate surface area is 287 Å². The SMILES string of the molecule is N#Cc1cncc(-c2cccc3c4ccccc4n(-c4cccc5c4C(=O)N(c4c(-c6ccccc6)cccc4-c4ccccc4)C5=O)c23)c1. The van der Waals surface area contributed by atoms with Crippen LogP contribution < -0.4 is 4.90 Å². The number of hydrogen-bond acceptors (Lipinski definition) is 4. The molecule has 0 radical (unpaired) electrons. The van der Waals surface area contributed by atoms with E-state index < -0.39 is 5.91 Å². The Kier molecular flexibility index (Phi) is 6.72. The number of para-hydroxylation sites is 3. The van der Waals surface area contributed by atoms with Crippen LogP contribution in [0.5, 0.6) is 0 Å². The number of imide groups is 1. The Hall–Kier alpha value is -7.10. The summed E-state index contributed by atoms with van der Waals surface area (Å²) in [5.41, 5.74) is 9.02. The van der Waals surface area contributed by atoms with Crippen molar-refractivity contribution in [1.29, 1.82) is 5.26 Å². The standard InChI is InChI=1S/C44H26N4O2/c45-25-28-24-31(27-46-26-28)34-19-10-20-36-35-16-7-8-22-38(35)47(42(34)36)39-23-11-21-37-40(39)44(50)48(43(37)49)41-32(29-12-3-1-4-13-29)17-9-18-33(41)30-14-5-2-6-15-30/h1-24,26-27H. The van der Waals surface area contributed by atoms with Gasteiger partial charge in [-0.3, -0.25) is 14.6 Å². The number of amides is 2. The maximum absolute atomic E-state index is 15.0. The van der Waals surface area contributed by atoms with Crippen LogP contribution >= 0.6 is 0 Å². The van der Waals surface area contributed by atoms with E-state index in [9.17, 15) is 10.1 Å². The van der Waals surface area contributed by atoms with Crippen molar-refractivity contribution in [2.24, 2.45) is 0 Å². The average Bonchev–Trinajstić information content (AvgIpc) is 3.65. The lowest BCUT2D eigenvalue weighted by atomic mass is 9.95. The summed E-state index contributed by atoms with van der Waals surface area (Å²) in [6, 6.07) is 49.2. The van der Waals surface area contributed by atoms with Crippen molar-refractivity contribution in [2.75, 3.05) is 4.90 Å². The number of benzene rings is 6. The lowest BCUT2D eigenvalue weighted by Crippen LogP contribution is -2.30. The molecule has 8 aromatic rings. The number of hydrogen-bond donors (Lipinski definition) is 0. The van der Waals surface area contributed by atoms with Gasteiger partial charge in [0.2, 0.25) is 0 Å². The van der Waals surface area contributed by atoms with E-state index in [1.165, 1.54) is 4.90 Å². The van der Waals surface area contributed by atoms with Crippen molar-refractivity contribution in [2.45, 2.75) is 0 Å². The van der Waals surface area contributed by atoms with Gasteiger partial charge in [-0.2, -0.15) is 5.26 Å². The van der Waals surface area contributed by atoms with Crippen LogP contribution in [0, 0.1) is 11.3 Å². The Morgan fingerprint density at radius 3 is 1.86 bits per heavy atom. The second kappa shape index (κ2) is 11.6. The van der Waals surface area contributed by atoms with Crippen LogP contribution in [0.2, 0.25) is 0 Å². The van der Waals surface area contributed by atoms with Gasteiger partial charge in [0.25, 0.3) is 11.8 Å². The summed E-state index contributed by atoms with van der Waals surface area (Å²) in [6.45, 7) is 0. The lowest BCUT2D eigenvalue weighted by Gasteiger charge is -2.23. The highest BCUT2D eigenvalue weighted by Gasteiger charge is 2.41. The van der Waals surface area contributed by atoms with Crippen LogP contribution in [0.3, 0.4) is 0 Å². The van der Waals surface area contributed by atoms with E-state index >= 15 is 4.79 Å². The molecule has 0 fully saturated rings. The average molecular weight is 643 g/mol. The van der Waals surface area contributed by atoms with Crippen LogP contribution in [-0.2, 0) is 0 Å². The Bertz CT molecular complexity index is 2650. The molecule has 6 nitrogen and oxygen atoms in total. The molecule has 9 rings (SSSR count). The van der Waals surface area contributed by atoms with Gasteiger partial charge in [0.15, 0.2) is 0 Å². The maximum Gasteiger partial charge on any atom is 0.268 e. The molecular formula is C44H26N4O2. The topological polar surface area (TPSA) is 79.0 Å². The summed E-state index contributed by atoms with van der Waals surface area (Å²) in [7, 11) is 0. The smallest absolute Gasteiger partial charge is 0.268 e. The molecule has 0 spiro atoms. The number of rotatable bonds is 5. The zero-order chi connectivity index (χ0) is 33.8. The van der Waals surface area contributed by atoms with Gasteiger partial charge < -0.3 is 4.57 Å². The third-order valence-corrected chi connectivity index (χ3v) is 9.44. The molecule has 3 heterocycles. The van der Waals surface area contributed by atoms with Crippen LogP contribution in [0.1, 0.15) is 26.3 Å². The lowest BCUT2D eigenvalue weighted by molar-refractivity contribution is 0.0926. The Balaban J connectivity index is 1.32. The highest BCUT2D eigenvalue weighted by atomic mass is 16.2. The molecule has 50 heavy (non-hydrogen) atoms. The third kappa shape index (κ3) is 4.38. The molecule has 1 aliphatic rings. The van der Waals surface area contributed by atoms with Crippen LogP contribution in [0.4, 0.5) is 5.69 Å². The van der Waals surface area contributed by atoms with Crippen LogP contribution in [0.25, 0.3) is 60.9 Å². The zero-order valence-electron chi connectivity index (χ0n) is 26.6. The first-order valence-corrected chi connectivity index (χ1v) is 16.3. The minimum Gasteiger partial charge on any atom is -0.308 e. The van der Waals surface area contributed by atoms with Crippen molar-refractivity contribution in [3.8, 4) is 45.1 Å². The van der Waals surface area contributed by atoms with Gasteiger partial charge in [-0.25, -0.2) is 4.90 Å². The maximum atomic E-state index is 15.0. The van der Waals surface area contributed by atoms with E-state index in [1.807, 2.05) is 127 Å². The third-order valence-electron chi connectivity index (χ3n) is 9.44. The fourth-order valence-electron chi connectivity index (χ4n) is 7.29. The highest BCUT2D eigenvalue weighted by molar-refractivity contribution is 6.37. The number of carbonyl (C=O) groups is 2. The van der Waals surface area contributed by atoms with Gasteiger partial charge in [-0.1, -0.05) is 121 Å². The molecule has 0 unspecified atom stereocenters. The predicted octanol–water partition coefficient (Wildman–Crippen LogP) is 9.85. The molecule has 0 saturated heterocycles. The largest absolute Gasteiger partial charge is 0.308 e. The van der Waals surface area contributed by atoms with Gasteiger partial charge in [0.1, 0.15) is 6.07 Å². The predicted molar refractivity (Wildman–Crippen MR) is 197 cm³/mol. The van der Waals surface area contributed by atoms with Crippen molar-refractivity contribution in [3.05, 3.63) is 175 Å². The molecule has 2 aromatic heterocycles. The quantitative estimate of drug-likeness (QED) is 0.175. The van der Waals surface area contributed by atoms with E-state index in [-0.39, 0.29) is 5.91 Å². The molecule has 2 amide bonds. The monoisotopic (exact) mass is 642 g/mol. The van der Waals surface area contributed by atoms with E-state index in [0.717, 1.165) is 55.2 Å². The summed E-state index contributed by atoms with van der Waals surface area (Å²) < 4.78 is 2.08. The molecule has 6 aromatic carbocycles. The molecule has 234 valence electrons. The molecule has 0 atom stereocenters. The number of pyridine rings is 1. The van der Waals surface area contributed by atoms with E-state index in [1.54, 1.807) is 18.5 Å². The normalized spacial score (nSPS) is 12.4. The van der Waals surface area contributed by atoms with Gasteiger partial charge in [-0.15, -0.1) is 0 Å². The summed E-state index contributed by atoms with van der Waals surface area (Å²) in [5, 5.41) is 11.6. The Morgan fingerprint density at radius 1 is 0.540 bits per heavy atom. The second-order valence-electron chi connectivity index (χ2n) is 12.2. The fraction of sp³-hybridized carbons (Fsp3) is 0. The first-order valence-electron chi connectivity index (χ1n) is 16.3. The molecule has 0 saturated carbocycles. The Morgan fingerprint density at radius 2 is 1.14 bits per heavy atom. The molecule has 1 aliphatic heterocycles. The van der Waals surface area contributed by atoms with Crippen LogP contribution in [-0.4, -0.2) is 21.4 Å². The van der Waals surface area contributed by atoms with Crippen molar-refractivity contribution in [3.63, 3.8) is 0 Å². The van der Waals surface area contributed by atoms with Crippen molar-refractivity contribution >= 4 is 39.3 Å². The molecule has 0 aliphatic carbocycles. The number of nitriles is 1.